The van der Waals surface area contributed by atoms with E-state index in [1.54, 1.807) is 0 Å². The van der Waals surface area contributed by atoms with Gasteiger partial charge in [0.2, 0.25) is 6.71 Å². The summed E-state index contributed by atoms with van der Waals surface area (Å²) in [5.74, 6) is 0. The van der Waals surface area contributed by atoms with Gasteiger partial charge in [0.1, 0.15) is 11.2 Å². The molecule has 0 radical (unpaired) electrons. The number of aryl methyl sites for hydroxylation is 1. The molecule has 8 aromatic carbocycles. The Morgan fingerprint density at radius 3 is 2.03 bits per heavy atom. The molecule has 0 saturated heterocycles. The Balaban J connectivity index is 1.13. The lowest BCUT2D eigenvalue weighted by Gasteiger charge is -2.42. The highest BCUT2D eigenvalue weighted by atomic mass is 32.2. The first-order chi connectivity index (χ1) is 29.8. The second-order valence-electron chi connectivity index (χ2n) is 17.9. The second kappa shape index (κ2) is 13.8. The van der Waals surface area contributed by atoms with E-state index >= 15 is 0 Å². The van der Waals surface area contributed by atoms with Crippen LogP contribution in [0.5, 0.6) is 0 Å². The summed E-state index contributed by atoms with van der Waals surface area (Å²) in [6.07, 6.45) is 3.23. The van der Waals surface area contributed by atoms with Crippen LogP contribution in [-0.2, 0) is 11.8 Å². The standard InChI is InChI=1S/C56H45BN2OS/c1-5-6-16-37-29-43-42-21-12-15-24-51(42)60-52(43)34-49(37)59-48-28-25-36(35-17-8-7-9-18-35)30-45(48)57-44-27-26-39(58-46-22-13-10-19-40(46)41-20-11-14-23-47(41)58)33-53(44)61-54-32-38(56(2,3)4)31-50(59)55(54)57/h7-15,17-34H,5-6,16H2,1-4H3. The molecule has 2 aromatic heterocycles. The van der Waals surface area contributed by atoms with Gasteiger partial charge in [-0.25, -0.2) is 0 Å². The summed E-state index contributed by atoms with van der Waals surface area (Å²) in [4.78, 5) is 5.25. The average molecular weight is 805 g/mol. The number of nitrogens with zero attached hydrogens (tertiary/aromatic N) is 2. The topological polar surface area (TPSA) is 21.3 Å². The number of unbranched alkanes of at least 4 members (excludes halogenated alkanes) is 1. The van der Waals surface area contributed by atoms with Crippen LogP contribution in [-0.4, -0.2) is 11.3 Å². The highest BCUT2D eigenvalue weighted by molar-refractivity contribution is 8.00. The molecule has 0 N–H and O–H groups in total. The molecular weight excluding hydrogens is 760 g/mol. The van der Waals surface area contributed by atoms with E-state index in [-0.39, 0.29) is 12.1 Å². The number of hydrogen-bond acceptors (Lipinski definition) is 3. The summed E-state index contributed by atoms with van der Waals surface area (Å²) in [6, 6.07) is 61.2. The van der Waals surface area contributed by atoms with Gasteiger partial charge in [0, 0.05) is 54.5 Å². The summed E-state index contributed by atoms with van der Waals surface area (Å²) in [5.41, 5.74) is 18.4. The third-order valence-electron chi connectivity index (χ3n) is 13.2. The number of anilines is 3. The average Bonchev–Trinajstić information content (AvgIpc) is 3.82. The fourth-order valence-corrected chi connectivity index (χ4v) is 11.4. The lowest BCUT2D eigenvalue weighted by atomic mass is 9.34. The number of fused-ring (bicyclic) bond motifs is 10. The molecule has 0 bridgehead atoms. The molecule has 12 rings (SSSR count). The van der Waals surface area contributed by atoms with Crippen LogP contribution in [0.15, 0.2) is 178 Å². The van der Waals surface area contributed by atoms with Crippen molar-refractivity contribution >= 4 is 95.7 Å². The van der Waals surface area contributed by atoms with Gasteiger partial charge in [-0.15, -0.1) is 0 Å². The lowest BCUT2D eigenvalue weighted by molar-refractivity contribution is 0.589. The predicted molar refractivity (Wildman–Crippen MR) is 261 cm³/mol. The van der Waals surface area contributed by atoms with Gasteiger partial charge < -0.3 is 13.9 Å². The number of aromatic nitrogens is 1. The van der Waals surface area contributed by atoms with Crippen molar-refractivity contribution in [3.63, 3.8) is 0 Å². The Morgan fingerprint density at radius 1 is 0.557 bits per heavy atom. The number of para-hydroxylation sites is 3. The smallest absolute Gasteiger partial charge is 0.249 e. The maximum absolute atomic E-state index is 6.66. The number of rotatable bonds is 6. The van der Waals surface area contributed by atoms with E-state index in [2.05, 4.69) is 201 Å². The number of hydrogen-bond donors (Lipinski definition) is 0. The zero-order chi connectivity index (χ0) is 41.0. The highest BCUT2D eigenvalue weighted by Gasteiger charge is 2.42. The fourth-order valence-electron chi connectivity index (χ4n) is 10.2. The molecule has 0 atom stereocenters. The molecule has 0 spiro atoms. The van der Waals surface area contributed by atoms with Gasteiger partial charge in [-0.3, -0.25) is 0 Å². The Hall–Kier alpha value is -6.43. The van der Waals surface area contributed by atoms with E-state index in [4.69, 9.17) is 4.42 Å². The van der Waals surface area contributed by atoms with Gasteiger partial charge >= 0.3 is 0 Å². The summed E-state index contributed by atoms with van der Waals surface area (Å²) < 4.78 is 9.11. The van der Waals surface area contributed by atoms with Crippen LogP contribution >= 0.6 is 11.8 Å². The number of benzene rings is 8. The summed E-state index contributed by atoms with van der Waals surface area (Å²) in [6.45, 7) is 9.39. The van der Waals surface area contributed by atoms with Crippen molar-refractivity contribution in [3.05, 3.63) is 175 Å². The molecule has 294 valence electrons. The van der Waals surface area contributed by atoms with Crippen molar-refractivity contribution in [1.82, 2.24) is 4.57 Å². The SMILES string of the molecule is CCCCc1cc2c(cc1N1c3ccc(-c4ccccc4)cc3B3c4ccc(-n5c6ccccc6c6ccccc65)cc4Sc4cc(C(C)(C)C)cc1c43)oc1ccccc12. The molecule has 2 aliphatic rings. The van der Waals surface area contributed by atoms with Crippen LogP contribution in [0.25, 0.3) is 60.6 Å². The van der Waals surface area contributed by atoms with E-state index < -0.39 is 0 Å². The molecule has 4 heterocycles. The summed E-state index contributed by atoms with van der Waals surface area (Å²) >= 11 is 1.94. The van der Waals surface area contributed by atoms with Gasteiger partial charge in [0.15, 0.2) is 0 Å². The minimum atomic E-state index is -0.0659. The molecular formula is C56H45BN2OS. The van der Waals surface area contributed by atoms with Crippen LogP contribution < -0.4 is 21.3 Å². The first-order valence-corrected chi connectivity index (χ1v) is 22.6. The van der Waals surface area contributed by atoms with E-state index in [9.17, 15) is 0 Å². The third-order valence-corrected chi connectivity index (χ3v) is 14.3. The quantitative estimate of drug-likeness (QED) is 0.156. The number of furan rings is 1. The van der Waals surface area contributed by atoms with Crippen LogP contribution in [0.4, 0.5) is 17.1 Å². The molecule has 61 heavy (non-hydrogen) atoms. The summed E-state index contributed by atoms with van der Waals surface area (Å²) in [5, 5.41) is 4.92. The molecule has 0 saturated carbocycles. The van der Waals surface area contributed by atoms with Gasteiger partial charge in [-0.2, -0.15) is 0 Å². The fraction of sp³-hybridized carbons (Fsp3) is 0.143. The first kappa shape index (κ1) is 36.4. The van der Waals surface area contributed by atoms with Crippen molar-refractivity contribution in [2.45, 2.75) is 62.2 Å². The van der Waals surface area contributed by atoms with Crippen LogP contribution in [0.2, 0.25) is 0 Å². The van der Waals surface area contributed by atoms with Gasteiger partial charge in [-0.1, -0.05) is 154 Å². The van der Waals surface area contributed by atoms with Crippen LogP contribution in [0.3, 0.4) is 0 Å². The van der Waals surface area contributed by atoms with Gasteiger partial charge in [0.05, 0.1) is 16.7 Å². The van der Waals surface area contributed by atoms with Crippen LogP contribution in [0, 0.1) is 0 Å². The minimum absolute atomic E-state index is 0.0476. The maximum Gasteiger partial charge on any atom is 0.249 e. The van der Waals surface area contributed by atoms with Crippen molar-refractivity contribution in [3.8, 4) is 16.8 Å². The largest absolute Gasteiger partial charge is 0.456 e. The molecule has 2 aliphatic heterocycles. The van der Waals surface area contributed by atoms with E-state index in [0.717, 1.165) is 30.4 Å². The zero-order valence-corrected chi connectivity index (χ0v) is 35.8. The molecule has 0 aliphatic carbocycles. The van der Waals surface area contributed by atoms with E-state index in [1.807, 2.05) is 11.8 Å². The van der Waals surface area contributed by atoms with Crippen molar-refractivity contribution < 1.29 is 4.42 Å². The zero-order valence-electron chi connectivity index (χ0n) is 35.0. The molecule has 0 unspecified atom stereocenters. The van der Waals surface area contributed by atoms with E-state index in [1.165, 1.54) is 104 Å². The normalized spacial score (nSPS) is 13.3. The first-order valence-electron chi connectivity index (χ1n) is 21.8. The summed E-state index contributed by atoms with van der Waals surface area (Å²) in [7, 11) is 0. The molecule has 0 amide bonds. The molecule has 10 aromatic rings. The Labute approximate surface area is 361 Å². The molecule has 5 heteroatoms. The van der Waals surface area contributed by atoms with Crippen molar-refractivity contribution in [1.29, 1.82) is 0 Å². The second-order valence-corrected chi connectivity index (χ2v) is 19.0. The Kier molecular flexibility index (Phi) is 8.24. The lowest BCUT2D eigenvalue weighted by Crippen LogP contribution is -2.60. The van der Waals surface area contributed by atoms with Crippen molar-refractivity contribution in [2.24, 2.45) is 0 Å². The highest BCUT2D eigenvalue weighted by Crippen LogP contribution is 2.47. The Morgan fingerprint density at radius 2 is 1.28 bits per heavy atom. The maximum atomic E-state index is 6.66. The minimum Gasteiger partial charge on any atom is -0.456 e. The van der Waals surface area contributed by atoms with Gasteiger partial charge in [0.25, 0.3) is 0 Å². The Bertz CT molecular complexity index is 3340. The molecule has 3 nitrogen and oxygen atoms in total. The molecule has 0 fully saturated rings. The monoisotopic (exact) mass is 804 g/mol. The van der Waals surface area contributed by atoms with E-state index in [0.29, 0.717) is 0 Å². The van der Waals surface area contributed by atoms with Crippen LogP contribution in [0.1, 0.15) is 51.7 Å². The predicted octanol–water partition coefficient (Wildman–Crippen LogP) is 13.8. The third kappa shape index (κ3) is 5.67. The van der Waals surface area contributed by atoms with Crippen molar-refractivity contribution in [2.75, 3.05) is 4.90 Å². The van der Waals surface area contributed by atoms with Gasteiger partial charge in [-0.05, 0) is 106 Å².